The quantitative estimate of drug-likeness (QED) is 0.613. The Kier molecular flexibility index (Phi) is 6.70. The highest BCUT2D eigenvalue weighted by Gasteiger charge is 2.29. The number of hydrogen-bond acceptors (Lipinski definition) is 1. The topological polar surface area (TPSA) is 9.23 Å². The van der Waals surface area contributed by atoms with Crippen LogP contribution in [0.25, 0.3) is 0 Å². The van der Waals surface area contributed by atoms with Crippen molar-refractivity contribution in [1.82, 2.24) is 0 Å². The Balaban J connectivity index is 2.16. The van der Waals surface area contributed by atoms with Gasteiger partial charge in [-0.25, -0.2) is 0 Å². The molecular weight excluding hydrogens is 220 g/mol. The Morgan fingerprint density at radius 2 is 1.72 bits per heavy atom. The maximum absolute atomic E-state index is 6.00. The molecule has 0 amide bonds. The minimum atomic E-state index is 0.463. The van der Waals surface area contributed by atoms with Crippen molar-refractivity contribution in [2.24, 2.45) is 17.3 Å². The predicted molar refractivity (Wildman–Crippen MR) is 79.8 cm³/mol. The maximum Gasteiger partial charge on any atom is 0.0547 e. The first-order chi connectivity index (χ1) is 8.43. The van der Waals surface area contributed by atoms with Crippen molar-refractivity contribution >= 4 is 0 Å². The second kappa shape index (κ2) is 7.53. The first-order valence-corrected chi connectivity index (χ1v) is 8.05. The van der Waals surface area contributed by atoms with Gasteiger partial charge in [-0.2, -0.15) is 0 Å². The summed E-state index contributed by atoms with van der Waals surface area (Å²) in [5, 5.41) is 0. The molecule has 0 spiro atoms. The van der Waals surface area contributed by atoms with Crippen molar-refractivity contribution in [2.75, 3.05) is 6.61 Å². The molecule has 0 aromatic rings. The molecule has 1 aliphatic carbocycles. The van der Waals surface area contributed by atoms with Crippen LogP contribution in [0.1, 0.15) is 79.6 Å². The lowest BCUT2D eigenvalue weighted by atomic mass is 9.70. The van der Waals surface area contributed by atoms with Gasteiger partial charge in [0.1, 0.15) is 0 Å². The molecule has 0 radical (unpaired) electrons. The molecule has 0 heterocycles. The summed E-state index contributed by atoms with van der Waals surface area (Å²) in [5.74, 6) is 1.75. The Morgan fingerprint density at radius 1 is 1.11 bits per heavy atom. The Bertz CT molecular complexity index is 208. The zero-order valence-electron chi connectivity index (χ0n) is 13.3. The van der Waals surface area contributed by atoms with E-state index in [1.165, 1.54) is 44.9 Å². The van der Waals surface area contributed by atoms with E-state index in [2.05, 4.69) is 34.6 Å². The average molecular weight is 254 g/mol. The van der Waals surface area contributed by atoms with Crippen molar-refractivity contribution in [2.45, 2.75) is 85.7 Å². The average Bonchev–Trinajstić information content (AvgIpc) is 2.33. The molecule has 108 valence electrons. The van der Waals surface area contributed by atoms with Crippen molar-refractivity contribution in [3.05, 3.63) is 0 Å². The van der Waals surface area contributed by atoms with Gasteiger partial charge >= 0.3 is 0 Å². The number of unbranched alkanes of at least 4 members (excludes halogenated alkanes) is 1. The van der Waals surface area contributed by atoms with Crippen LogP contribution in [0.5, 0.6) is 0 Å². The monoisotopic (exact) mass is 254 g/mol. The summed E-state index contributed by atoms with van der Waals surface area (Å²) >= 11 is 0. The van der Waals surface area contributed by atoms with E-state index in [4.69, 9.17) is 4.74 Å². The first-order valence-electron chi connectivity index (χ1n) is 8.05. The van der Waals surface area contributed by atoms with Crippen LogP contribution in [0, 0.1) is 17.3 Å². The molecule has 1 nitrogen and oxygen atoms in total. The summed E-state index contributed by atoms with van der Waals surface area (Å²) in [7, 11) is 0. The van der Waals surface area contributed by atoms with Gasteiger partial charge in [-0.3, -0.25) is 0 Å². The maximum atomic E-state index is 6.00. The number of ether oxygens (including phenoxy) is 1. The smallest absolute Gasteiger partial charge is 0.0547 e. The van der Waals surface area contributed by atoms with Crippen molar-refractivity contribution < 1.29 is 4.74 Å². The van der Waals surface area contributed by atoms with E-state index in [0.717, 1.165) is 18.4 Å². The Labute approximate surface area is 115 Å². The number of hydrogen-bond donors (Lipinski definition) is 0. The number of rotatable bonds is 6. The first kappa shape index (κ1) is 16.0. The summed E-state index contributed by atoms with van der Waals surface area (Å²) in [6, 6.07) is 0. The molecule has 0 saturated heterocycles. The molecule has 18 heavy (non-hydrogen) atoms. The van der Waals surface area contributed by atoms with Gasteiger partial charge in [0.25, 0.3) is 0 Å². The van der Waals surface area contributed by atoms with E-state index in [-0.39, 0.29) is 0 Å². The lowest BCUT2D eigenvalue weighted by Crippen LogP contribution is -2.28. The molecule has 0 aromatic carbocycles. The molecule has 1 fully saturated rings. The van der Waals surface area contributed by atoms with Crippen LogP contribution in [-0.4, -0.2) is 12.7 Å². The van der Waals surface area contributed by atoms with Crippen molar-refractivity contribution in [1.29, 1.82) is 0 Å². The molecule has 0 bridgehead atoms. The van der Waals surface area contributed by atoms with E-state index in [0.29, 0.717) is 11.5 Å². The SMILES string of the molecule is CCCCC(C)OCC1CCC(C(C)(C)C)CC1. The van der Waals surface area contributed by atoms with Gasteiger partial charge in [0, 0.05) is 6.61 Å². The summed E-state index contributed by atoms with van der Waals surface area (Å²) in [6.07, 6.45) is 9.84. The van der Waals surface area contributed by atoms with E-state index in [9.17, 15) is 0 Å². The fourth-order valence-corrected chi connectivity index (χ4v) is 3.07. The molecule has 1 aliphatic rings. The standard InChI is InChI=1S/C17H34O/c1-6-7-8-14(2)18-13-15-9-11-16(12-10-15)17(3,4)5/h14-16H,6-13H2,1-5H3. The Morgan fingerprint density at radius 3 is 2.22 bits per heavy atom. The third-order valence-corrected chi connectivity index (χ3v) is 4.65. The van der Waals surface area contributed by atoms with Crippen LogP contribution >= 0.6 is 0 Å². The van der Waals surface area contributed by atoms with E-state index >= 15 is 0 Å². The van der Waals surface area contributed by atoms with Gasteiger partial charge < -0.3 is 4.74 Å². The normalized spacial score (nSPS) is 27.2. The van der Waals surface area contributed by atoms with Gasteiger partial charge in [-0.15, -0.1) is 0 Å². The van der Waals surface area contributed by atoms with Gasteiger partial charge in [-0.1, -0.05) is 40.5 Å². The van der Waals surface area contributed by atoms with Gasteiger partial charge in [-0.05, 0) is 56.3 Å². The van der Waals surface area contributed by atoms with Gasteiger partial charge in [0.2, 0.25) is 0 Å². The molecule has 0 aromatic heterocycles. The van der Waals surface area contributed by atoms with Crippen LogP contribution in [-0.2, 0) is 4.74 Å². The summed E-state index contributed by atoms with van der Waals surface area (Å²) in [4.78, 5) is 0. The zero-order valence-corrected chi connectivity index (χ0v) is 13.3. The van der Waals surface area contributed by atoms with E-state index in [1.54, 1.807) is 0 Å². The minimum Gasteiger partial charge on any atom is -0.378 e. The van der Waals surface area contributed by atoms with Crippen LogP contribution in [0.4, 0.5) is 0 Å². The van der Waals surface area contributed by atoms with Gasteiger partial charge in [0.05, 0.1) is 6.10 Å². The summed E-state index contributed by atoms with van der Waals surface area (Å²) < 4.78 is 6.00. The lowest BCUT2D eigenvalue weighted by Gasteiger charge is -2.37. The molecule has 0 N–H and O–H groups in total. The van der Waals surface area contributed by atoms with Crippen LogP contribution in [0.15, 0.2) is 0 Å². The van der Waals surface area contributed by atoms with Crippen molar-refractivity contribution in [3.8, 4) is 0 Å². The zero-order chi connectivity index (χ0) is 13.6. The second-order valence-corrected chi connectivity index (χ2v) is 7.37. The molecule has 1 unspecified atom stereocenters. The highest BCUT2D eigenvalue weighted by atomic mass is 16.5. The molecule has 0 aliphatic heterocycles. The summed E-state index contributed by atoms with van der Waals surface area (Å²) in [5.41, 5.74) is 0.500. The largest absolute Gasteiger partial charge is 0.378 e. The van der Waals surface area contributed by atoms with Crippen LogP contribution < -0.4 is 0 Å². The molecule has 1 heteroatoms. The fourth-order valence-electron chi connectivity index (χ4n) is 3.07. The predicted octanol–water partition coefficient (Wildman–Crippen LogP) is 5.43. The third kappa shape index (κ3) is 5.73. The van der Waals surface area contributed by atoms with E-state index < -0.39 is 0 Å². The van der Waals surface area contributed by atoms with Gasteiger partial charge in [0.15, 0.2) is 0 Å². The second-order valence-electron chi connectivity index (χ2n) is 7.37. The minimum absolute atomic E-state index is 0.463. The molecule has 1 saturated carbocycles. The Hall–Kier alpha value is -0.0400. The van der Waals surface area contributed by atoms with Crippen LogP contribution in [0.2, 0.25) is 0 Å². The molecule has 1 rings (SSSR count). The van der Waals surface area contributed by atoms with Crippen LogP contribution in [0.3, 0.4) is 0 Å². The highest BCUT2D eigenvalue weighted by molar-refractivity contribution is 4.80. The fraction of sp³-hybridized carbons (Fsp3) is 1.00. The molecular formula is C17H34O. The highest BCUT2D eigenvalue weighted by Crippen LogP contribution is 2.39. The van der Waals surface area contributed by atoms with E-state index in [1.807, 2.05) is 0 Å². The van der Waals surface area contributed by atoms with Crippen molar-refractivity contribution in [3.63, 3.8) is 0 Å². The third-order valence-electron chi connectivity index (χ3n) is 4.65. The molecule has 1 atom stereocenters. The lowest BCUT2D eigenvalue weighted by molar-refractivity contribution is 0.0149. The summed E-state index contributed by atoms with van der Waals surface area (Å²) in [6.45, 7) is 12.7.